The first-order valence-electron chi connectivity index (χ1n) is 6.03. The minimum absolute atomic E-state index is 0.251. The molecule has 0 unspecified atom stereocenters. The summed E-state index contributed by atoms with van der Waals surface area (Å²) in [6.07, 6.45) is 2.41. The third-order valence-electron chi connectivity index (χ3n) is 2.90. The molecule has 0 fully saturated rings. The predicted molar refractivity (Wildman–Crippen MR) is 68.9 cm³/mol. The van der Waals surface area contributed by atoms with Gasteiger partial charge >= 0.3 is 0 Å². The Hall–Kier alpha value is -1.02. The van der Waals surface area contributed by atoms with E-state index in [-0.39, 0.29) is 5.41 Å². The summed E-state index contributed by atoms with van der Waals surface area (Å²) in [5.41, 5.74) is 7.01. The van der Waals surface area contributed by atoms with Gasteiger partial charge in [0.25, 0.3) is 0 Å². The summed E-state index contributed by atoms with van der Waals surface area (Å²) in [7, 11) is 0. The third-order valence-corrected chi connectivity index (χ3v) is 2.90. The molecule has 0 aliphatic carbocycles. The fourth-order valence-electron chi connectivity index (χ4n) is 1.95. The molecule has 0 radical (unpaired) electrons. The topological polar surface area (TPSA) is 35.2 Å². The van der Waals surface area contributed by atoms with Crippen molar-refractivity contribution in [1.29, 1.82) is 0 Å². The molecule has 0 aromatic heterocycles. The van der Waals surface area contributed by atoms with Crippen LogP contribution in [0, 0.1) is 0 Å². The number of hydrogen-bond donors (Lipinski definition) is 1. The Morgan fingerprint density at radius 1 is 1.19 bits per heavy atom. The molecule has 90 valence electrons. The first kappa shape index (κ1) is 13.0. The molecule has 0 atom stereocenters. The zero-order valence-corrected chi connectivity index (χ0v) is 10.6. The Bertz CT molecular complexity index is 303. The van der Waals surface area contributed by atoms with Gasteiger partial charge in [-0.3, -0.25) is 0 Å². The molecule has 0 bridgehead atoms. The first-order valence-corrected chi connectivity index (χ1v) is 6.03. The van der Waals surface area contributed by atoms with Crippen LogP contribution in [0.2, 0.25) is 0 Å². The van der Waals surface area contributed by atoms with Gasteiger partial charge in [-0.05, 0) is 29.5 Å². The van der Waals surface area contributed by atoms with Gasteiger partial charge in [-0.15, -0.1) is 0 Å². The maximum atomic E-state index is 5.46. The number of rotatable bonds is 6. The Kier molecular flexibility index (Phi) is 4.81. The third kappa shape index (κ3) is 3.53. The Balaban J connectivity index is 2.70. The second-order valence-electron chi connectivity index (χ2n) is 4.80. The standard InChI is InChI=1S/C14H23NO/c1-4-9-14(2,3)12-5-7-13(8-6-12)16-11-10-15/h5-8H,4,9-11,15H2,1-3H3. The smallest absolute Gasteiger partial charge is 0.119 e. The van der Waals surface area contributed by atoms with E-state index in [1.807, 2.05) is 12.1 Å². The lowest BCUT2D eigenvalue weighted by Crippen LogP contribution is -2.16. The van der Waals surface area contributed by atoms with Crippen LogP contribution in [0.15, 0.2) is 24.3 Å². The highest BCUT2D eigenvalue weighted by molar-refractivity contribution is 5.31. The van der Waals surface area contributed by atoms with E-state index >= 15 is 0 Å². The molecular weight excluding hydrogens is 198 g/mol. The normalized spacial score (nSPS) is 11.5. The van der Waals surface area contributed by atoms with Crippen molar-refractivity contribution >= 4 is 0 Å². The Labute approximate surface area is 98.8 Å². The van der Waals surface area contributed by atoms with Crippen LogP contribution in [-0.2, 0) is 5.41 Å². The van der Waals surface area contributed by atoms with E-state index in [9.17, 15) is 0 Å². The fraction of sp³-hybridized carbons (Fsp3) is 0.571. The van der Waals surface area contributed by atoms with Gasteiger partial charge in [-0.2, -0.15) is 0 Å². The van der Waals surface area contributed by atoms with Crippen LogP contribution in [0.3, 0.4) is 0 Å². The molecule has 1 aromatic carbocycles. The number of nitrogens with two attached hydrogens (primary N) is 1. The van der Waals surface area contributed by atoms with Crippen molar-refractivity contribution < 1.29 is 4.74 Å². The molecule has 0 spiro atoms. The molecule has 1 rings (SSSR count). The van der Waals surface area contributed by atoms with Gasteiger partial charge in [0.05, 0.1) is 0 Å². The average Bonchev–Trinajstić information content (AvgIpc) is 2.27. The Morgan fingerprint density at radius 2 is 1.81 bits per heavy atom. The van der Waals surface area contributed by atoms with Gasteiger partial charge in [0.15, 0.2) is 0 Å². The van der Waals surface area contributed by atoms with Crippen molar-refractivity contribution in [3.05, 3.63) is 29.8 Å². The maximum absolute atomic E-state index is 5.46. The molecule has 2 N–H and O–H groups in total. The maximum Gasteiger partial charge on any atom is 0.119 e. The van der Waals surface area contributed by atoms with E-state index < -0.39 is 0 Å². The van der Waals surface area contributed by atoms with E-state index in [0.29, 0.717) is 13.2 Å². The van der Waals surface area contributed by atoms with Gasteiger partial charge in [0.1, 0.15) is 12.4 Å². The van der Waals surface area contributed by atoms with Crippen LogP contribution in [0.4, 0.5) is 0 Å². The van der Waals surface area contributed by atoms with Crippen molar-refractivity contribution in [2.24, 2.45) is 5.73 Å². The lowest BCUT2D eigenvalue weighted by atomic mass is 9.81. The SMILES string of the molecule is CCCC(C)(C)c1ccc(OCCN)cc1. The second kappa shape index (κ2) is 5.90. The van der Waals surface area contributed by atoms with E-state index in [1.54, 1.807) is 0 Å². The summed E-state index contributed by atoms with van der Waals surface area (Å²) in [4.78, 5) is 0. The molecule has 16 heavy (non-hydrogen) atoms. The number of benzene rings is 1. The molecular formula is C14H23NO. The molecule has 0 amide bonds. The van der Waals surface area contributed by atoms with Gasteiger partial charge < -0.3 is 10.5 Å². The van der Waals surface area contributed by atoms with Crippen LogP contribution < -0.4 is 10.5 Å². The highest BCUT2D eigenvalue weighted by atomic mass is 16.5. The van der Waals surface area contributed by atoms with Crippen LogP contribution in [0.1, 0.15) is 39.2 Å². The highest BCUT2D eigenvalue weighted by Crippen LogP contribution is 2.29. The summed E-state index contributed by atoms with van der Waals surface area (Å²) in [6.45, 7) is 7.93. The van der Waals surface area contributed by atoms with E-state index in [0.717, 1.165) is 5.75 Å². The zero-order valence-electron chi connectivity index (χ0n) is 10.6. The molecule has 0 heterocycles. The quantitative estimate of drug-likeness (QED) is 0.801. The summed E-state index contributed by atoms with van der Waals surface area (Å²) in [6, 6.07) is 8.37. The van der Waals surface area contributed by atoms with Crippen molar-refractivity contribution in [1.82, 2.24) is 0 Å². The molecule has 0 saturated heterocycles. The van der Waals surface area contributed by atoms with Gasteiger partial charge in [0, 0.05) is 6.54 Å². The minimum atomic E-state index is 0.251. The van der Waals surface area contributed by atoms with Crippen LogP contribution >= 0.6 is 0 Å². The van der Waals surface area contributed by atoms with E-state index in [1.165, 1.54) is 18.4 Å². The molecule has 0 aliphatic heterocycles. The Morgan fingerprint density at radius 3 is 2.31 bits per heavy atom. The van der Waals surface area contributed by atoms with Gasteiger partial charge in [-0.1, -0.05) is 39.3 Å². The van der Waals surface area contributed by atoms with Crippen molar-refractivity contribution in [2.75, 3.05) is 13.2 Å². The molecule has 2 nitrogen and oxygen atoms in total. The second-order valence-corrected chi connectivity index (χ2v) is 4.80. The summed E-state index contributed by atoms with van der Waals surface area (Å²) < 4.78 is 5.46. The van der Waals surface area contributed by atoms with E-state index in [2.05, 4.69) is 32.9 Å². The number of ether oxygens (including phenoxy) is 1. The average molecular weight is 221 g/mol. The monoisotopic (exact) mass is 221 g/mol. The van der Waals surface area contributed by atoms with Gasteiger partial charge in [-0.25, -0.2) is 0 Å². The summed E-state index contributed by atoms with van der Waals surface area (Å²) >= 11 is 0. The summed E-state index contributed by atoms with van der Waals surface area (Å²) in [5, 5.41) is 0. The molecule has 0 aliphatic rings. The van der Waals surface area contributed by atoms with Crippen LogP contribution in [0.5, 0.6) is 5.75 Å². The zero-order chi connectivity index (χ0) is 12.0. The minimum Gasteiger partial charge on any atom is -0.492 e. The summed E-state index contributed by atoms with van der Waals surface area (Å²) in [5.74, 6) is 0.904. The lowest BCUT2D eigenvalue weighted by Gasteiger charge is -2.24. The highest BCUT2D eigenvalue weighted by Gasteiger charge is 2.18. The van der Waals surface area contributed by atoms with Crippen LogP contribution in [0.25, 0.3) is 0 Å². The predicted octanol–water partition coefficient (Wildman–Crippen LogP) is 3.10. The van der Waals surface area contributed by atoms with Crippen molar-refractivity contribution in [3.8, 4) is 5.75 Å². The van der Waals surface area contributed by atoms with Gasteiger partial charge in [0.2, 0.25) is 0 Å². The molecule has 0 saturated carbocycles. The van der Waals surface area contributed by atoms with Crippen molar-refractivity contribution in [3.63, 3.8) is 0 Å². The lowest BCUT2D eigenvalue weighted by molar-refractivity contribution is 0.328. The fourth-order valence-corrected chi connectivity index (χ4v) is 1.95. The molecule has 1 aromatic rings. The first-order chi connectivity index (χ1) is 7.60. The largest absolute Gasteiger partial charge is 0.492 e. The molecule has 2 heteroatoms. The number of hydrogen-bond acceptors (Lipinski definition) is 2. The van der Waals surface area contributed by atoms with E-state index in [4.69, 9.17) is 10.5 Å². The van der Waals surface area contributed by atoms with Crippen molar-refractivity contribution in [2.45, 2.75) is 39.0 Å². The van der Waals surface area contributed by atoms with Crippen LogP contribution in [-0.4, -0.2) is 13.2 Å².